The molecule has 0 spiro atoms. The standard InChI is InChI=1S/C13H18O4/c1-9-10(5-3-2-4-6-14)7-12(16)11(8-15)13(9)17/h7-8,14,16-17H,2-6H2,1H3. The van der Waals surface area contributed by atoms with E-state index in [9.17, 15) is 15.0 Å². The van der Waals surface area contributed by atoms with Crippen molar-refractivity contribution in [3.8, 4) is 11.5 Å². The fraction of sp³-hybridized carbons (Fsp3) is 0.462. The van der Waals surface area contributed by atoms with Gasteiger partial charge in [0.15, 0.2) is 6.29 Å². The van der Waals surface area contributed by atoms with Crippen molar-refractivity contribution in [3.05, 3.63) is 22.8 Å². The molecule has 0 fully saturated rings. The predicted octanol–water partition coefficient (Wildman–Crippen LogP) is 1.92. The summed E-state index contributed by atoms with van der Waals surface area (Å²) in [7, 11) is 0. The van der Waals surface area contributed by atoms with Crippen LogP contribution in [0.1, 0.15) is 40.7 Å². The number of aliphatic hydroxyl groups is 1. The molecule has 4 heteroatoms. The van der Waals surface area contributed by atoms with Crippen LogP contribution < -0.4 is 0 Å². The van der Waals surface area contributed by atoms with Crippen LogP contribution in [0.4, 0.5) is 0 Å². The quantitative estimate of drug-likeness (QED) is 0.522. The number of phenolic OH excluding ortho intramolecular Hbond substituents is 2. The van der Waals surface area contributed by atoms with Gasteiger partial charge >= 0.3 is 0 Å². The summed E-state index contributed by atoms with van der Waals surface area (Å²) in [6.07, 6.45) is 3.69. The van der Waals surface area contributed by atoms with Crippen LogP contribution in [-0.4, -0.2) is 28.2 Å². The minimum atomic E-state index is -0.180. The lowest BCUT2D eigenvalue weighted by Gasteiger charge is -2.11. The first kappa shape index (κ1) is 13.5. The Labute approximate surface area is 101 Å². The number of benzene rings is 1. The number of rotatable bonds is 6. The summed E-state index contributed by atoms with van der Waals surface area (Å²) < 4.78 is 0. The highest BCUT2D eigenvalue weighted by Crippen LogP contribution is 2.32. The second-order valence-electron chi connectivity index (χ2n) is 4.09. The molecule has 3 N–H and O–H groups in total. The second kappa shape index (κ2) is 6.25. The predicted molar refractivity (Wildman–Crippen MR) is 64.5 cm³/mol. The average Bonchev–Trinajstić information content (AvgIpc) is 2.31. The first-order valence-electron chi connectivity index (χ1n) is 5.72. The molecule has 0 bridgehead atoms. The maximum Gasteiger partial charge on any atom is 0.157 e. The number of aryl methyl sites for hydroxylation is 1. The first-order chi connectivity index (χ1) is 8.11. The number of hydrogen-bond acceptors (Lipinski definition) is 4. The zero-order chi connectivity index (χ0) is 12.8. The van der Waals surface area contributed by atoms with Crippen molar-refractivity contribution in [2.75, 3.05) is 6.61 Å². The fourth-order valence-corrected chi connectivity index (χ4v) is 1.81. The van der Waals surface area contributed by atoms with Gasteiger partial charge < -0.3 is 15.3 Å². The van der Waals surface area contributed by atoms with Gasteiger partial charge in [0.1, 0.15) is 11.5 Å². The van der Waals surface area contributed by atoms with Gasteiger partial charge in [-0.15, -0.1) is 0 Å². The molecule has 0 radical (unpaired) electrons. The van der Waals surface area contributed by atoms with Crippen molar-refractivity contribution in [2.24, 2.45) is 0 Å². The minimum Gasteiger partial charge on any atom is -0.507 e. The normalized spacial score (nSPS) is 10.5. The summed E-state index contributed by atoms with van der Waals surface area (Å²) in [5.74, 6) is -0.322. The molecular weight excluding hydrogens is 220 g/mol. The molecule has 17 heavy (non-hydrogen) atoms. The molecule has 0 saturated carbocycles. The molecule has 0 heterocycles. The Morgan fingerprint density at radius 3 is 2.53 bits per heavy atom. The topological polar surface area (TPSA) is 77.8 Å². The van der Waals surface area contributed by atoms with Crippen LogP contribution in [0.25, 0.3) is 0 Å². The minimum absolute atomic E-state index is 0.0541. The summed E-state index contributed by atoms with van der Waals surface area (Å²) in [5.41, 5.74) is 1.42. The van der Waals surface area contributed by atoms with E-state index in [2.05, 4.69) is 0 Å². The van der Waals surface area contributed by atoms with Gasteiger partial charge in [0, 0.05) is 6.61 Å². The Morgan fingerprint density at radius 2 is 1.94 bits per heavy atom. The number of hydrogen-bond donors (Lipinski definition) is 3. The second-order valence-corrected chi connectivity index (χ2v) is 4.09. The van der Waals surface area contributed by atoms with Crippen LogP contribution in [0.2, 0.25) is 0 Å². The molecule has 0 aliphatic carbocycles. The Hall–Kier alpha value is -1.55. The molecule has 0 aliphatic rings. The van der Waals surface area contributed by atoms with Gasteiger partial charge in [-0.3, -0.25) is 4.79 Å². The van der Waals surface area contributed by atoms with E-state index >= 15 is 0 Å². The molecule has 1 rings (SSSR count). The van der Waals surface area contributed by atoms with Gasteiger partial charge in [0.05, 0.1) is 5.56 Å². The summed E-state index contributed by atoms with van der Waals surface area (Å²) in [5, 5.41) is 28.0. The molecule has 0 unspecified atom stereocenters. The van der Waals surface area contributed by atoms with Crippen LogP contribution >= 0.6 is 0 Å². The lowest BCUT2D eigenvalue weighted by Crippen LogP contribution is -1.95. The Balaban J connectivity index is 2.83. The molecule has 0 aromatic heterocycles. The molecule has 0 aliphatic heterocycles. The average molecular weight is 238 g/mol. The molecule has 4 nitrogen and oxygen atoms in total. The van der Waals surface area contributed by atoms with Crippen LogP contribution in [0.3, 0.4) is 0 Å². The number of carbonyl (C=O) groups is 1. The SMILES string of the molecule is Cc1c(CCCCCO)cc(O)c(C=O)c1O. The lowest BCUT2D eigenvalue weighted by molar-refractivity contribution is 0.111. The molecule has 94 valence electrons. The van der Waals surface area contributed by atoms with E-state index in [1.165, 1.54) is 6.07 Å². The highest BCUT2D eigenvalue weighted by Gasteiger charge is 2.13. The van der Waals surface area contributed by atoms with E-state index in [-0.39, 0.29) is 23.7 Å². The van der Waals surface area contributed by atoms with Gasteiger partial charge in [0.25, 0.3) is 0 Å². The maximum absolute atomic E-state index is 10.7. The van der Waals surface area contributed by atoms with Gasteiger partial charge in [-0.25, -0.2) is 0 Å². The van der Waals surface area contributed by atoms with Crippen molar-refractivity contribution >= 4 is 6.29 Å². The Morgan fingerprint density at radius 1 is 1.24 bits per heavy atom. The van der Waals surface area contributed by atoms with Crippen molar-refractivity contribution in [1.82, 2.24) is 0 Å². The van der Waals surface area contributed by atoms with E-state index in [0.29, 0.717) is 18.3 Å². The monoisotopic (exact) mass is 238 g/mol. The number of carbonyl (C=O) groups excluding carboxylic acids is 1. The number of unbranched alkanes of at least 4 members (excludes halogenated alkanes) is 2. The molecule has 0 amide bonds. The molecule has 1 aromatic rings. The van der Waals surface area contributed by atoms with E-state index < -0.39 is 0 Å². The van der Waals surface area contributed by atoms with E-state index in [4.69, 9.17) is 5.11 Å². The Kier molecular flexibility index (Phi) is 4.97. The van der Waals surface area contributed by atoms with Crippen molar-refractivity contribution in [1.29, 1.82) is 0 Å². The third-order valence-corrected chi connectivity index (χ3v) is 2.90. The van der Waals surface area contributed by atoms with Crippen LogP contribution in [0.5, 0.6) is 11.5 Å². The zero-order valence-corrected chi connectivity index (χ0v) is 9.94. The van der Waals surface area contributed by atoms with Crippen LogP contribution in [0, 0.1) is 6.92 Å². The summed E-state index contributed by atoms with van der Waals surface area (Å²) in [6.45, 7) is 1.91. The van der Waals surface area contributed by atoms with Gasteiger partial charge in [0.2, 0.25) is 0 Å². The molecule has 0 atom stereocenters. The highest BCUT2D eigenvalue weighted by atomic mass is 16.3. The van der Waals surface area contributed by atoms with Gasteiger partial charge in [-0.1, -0.05) is 6.42 Å². The number of aliphatic hydroxyl groups excluding tert-OH is 1. The maximum atomic E-state index is 10.7. The Bertz CT molecular complexity index is 399. The smallest absolute Gasteiger partial charge is 0.157 e. The van der Waals surface area contributed by atoms with Gasteiger partial charge in [-0.2, -0.15) is 0 Å². The summed E-state index contributed by atoms with van der Waals surface area (Å²) in [6, 6.07) is 1.53. The molecule has 1 aromatic carbocycles. The van der Waals surface area contributed by atoms with Crippen LogP contribution in [-0.2, 0) is 6.42 Å². The van der Waals surface area contributed by atoms with Crippen molar-refractivity contribution in [3.63, 3.8) is 0 Å². The number of aldehydes is 1. The van der Waals surface area contributed by atoms with Crippen molar-refractivity contribution < 1.29 is 20.1 Å². The fourth-order valence-electron chi connectivity index (χ4n) is 1.81. The third kappa shape index (κ3) is 3.20. The van der Waals surface area contributed by atoms with E-state index in [0.717, 1.165) is 24.8 Å². The lowest BCUT2D eigenvalue weighted by atomic mass is 9.98. The highest BCUT2D eigenvalue weighted by molar-refractivity contribution is 5.84. The zero-order valence-electron chi connectivity index (χ0n) is 9.94. The first-order valence-corrected chi connectivity index (χ1v) is 5.72. The van der Waals surface area contributed by atoms with Crippen LogP contribution in [0.15, 0.2) is 6.07 Å². The number of aromatic hydroxyl groups is 2. The number of phenols is 2. The van der Waals surface area contributed by atoms with E-state index in [1.54, 1.807) is 6.92 Å². The van der Waals surface area contributed by atoms with Crippen molar-refractivity contribution in [2.45, 2.75) is 32.6 Å². The summed E-state index contributed by atoms with van der Waals surface area (Å²) >= 11 is 0. The largest absolute Gasteiger partial charge is 0.507 e. The molecular formula is C13H18O4. The third-order valence-electron chi connectivity index (χ3n) is 2.90. The van der Waals surface area contributed by atoms with E-state index in [1.807, 2.05) is 0 Å². The van der Waals surface area contributed by atoms with Gasteiger partial charge in [-0.05, 0) is 43.4 Å². The summed E-state index contributed by atoms with van der Waals surface area (Å²) in [4.78, 5) is 10.7. The molecule has 0 saturated heterocycles.